The molecule has 0 spiro atoms. The van der Waals surface area contributed by atoms with Gasteiger partial charge in [-0.15, -0.1) is 0 Å². The topological polar surface area (TPSA) is 47.3 Å². The molecule has 4 nitrogen and oxygen atoms in total. The average Bonchev–Trinajstić information content (AvgIpc) is 3.07. The summed E-state index contributed by atoms with van der Waals surface area (Å²) in [4.78, 5) is 4.16. The normalized spacial score (nSPS) is 14.8. The Bertz CT molecular complexity index is 639. The highest BCUT2D eigenvalue weighted by atomic mass is 79.9. The molecule has 1 atom stereocenters. The number of aliphatic hydroxyl groups is 1. The number of halogens is 1. The van der Waals surface area contributed by atoms with Gasteiger partial charge >= 0.3 is 0 Å². The number of benzene rings is 1. The summed E-state index contributed by atoms with van der Waals surface area (Å²) in [5.41, 5.74) is 3.13. The minimum absolute atomic E-state index is 0.539. The van der Waals surface area contributed by atoms with Crippen LogP contribution in [0.15, 0.2) is 29.1 Å². The molecular weight excluding hydrogens is 332 g/mol. The van der Waals surface area contributed by atoms with Crippen molar-refractivity contribution >= 4 is 15.9 Å². The molecule has 2 heterocycles. The first-order valence-corrected chi connectivity index (χ1v) is 8.10. The molecule has 1 N–H and O–H groups in total. The van der Waals surface area contributed by atoms with Crippen molar-refractivity contribution < 1.29 is 9.84 Å². The zero-order valence-electron chi connectivity index (χ0n) is 12.1. The van der Waals surface area contributed by atoms with Crippen molar-refractivity contribution in [1.29, 1.82) is 0 Å². The lowest BCUT2D eigenvalue weighted by Gasteiger charge is -2.15. The maximum atomic E-state index is 10.6. The van der Waals surface area contributed by atoms with Crippen LogP contribution in [0, 0.1) is 0 Å². The summed E-state index contributed by atoms with van der Waals surface area (Å²) >= 11 is 3.54. The lowest BCUT2D eigenvalue weighted by Crippen LogP contribution is -2.10. The van der Waals surface area contributed by atoms with Crippen molar-refractivity contribution in [3.63, 3.8) is 0 Å². The van der Waals surface area contributed by atoms with Gasteiger partial charge in [0.2, 0.25) is 0 Å². The van der Waals surface area contributed by atoms with Crippen molar-refractivity contribution in [2.24, 2.45) is 0 Å². The van der Waals surface area contributed by atoms with Crippen LogP contribution in [0.3, 0.4) is 0 Å². The van der Waals surface area contributed by atoms with Crippen molar-refractivity contribution in [2.75, 3.05) is 6.61 Å². The van der Waals surface area contributed by atoms with Crippen molar-refractivity contribution in [3.05, 3.63) is 46.0 Å². The Kier molecular flexibility index (Phi) is 4.31. The molecule has 112 valence electrons. The Morgan fingerprint density at radius 1 is 1.48 bits per heavy atom. The number of aromatic nitrogens is 2. The van der Waals surface area contributed by atoms with E-state index in [1.165, 1.54) is 5.56 Å². The van der Waals surface area contributed by atoms with Gasteiger partial charge in [-0.05, 0) is 29.7 Å². The fourth-order valence-corrected chi connectivity index (χ4v) is 3.40. The van der Waals surface area contributed by atoms with Crippen LogP contribution >= 0.6 is 15.9 Å². The third kappa shape index (κ3) is 2.99. The number of ether oxygens (including phenoxy) is 1. The number of hydrogen-bond donors (Lipinski definition) is 1. The molecule has 1 aliphatic rings. The van der Waals surface area contributed by atoms with E-state index in [4.69, 9.17) is 4.74 Å². The predicted molar refractivity (Wildman–Crippen MR) is 84.5 cm³/mol. The Balaban J connectivity index is 1.85. The molecule has 0 saturated carbocycles. The van der Waals surface area contributed by atoms with Gasteiger partial charge in [0, 0.05) is 23.9 Å². The van der Waals surface area contributed by atoms with Crippen LogP contribution < -0.4 is 4.74 Å². The largest absolute Gasteiger partial charge is 0.493 e. The highest BCUT2D eigenvalue weighted by molar-refractivity contribution is 9.10. The standard InChI is InChI=1S/C16H19BrN2O2/c1-2-4-19-10-18-9-14(19)15(20)8-12-7-13(17)6-11-3-5-21-16(11)12/h6-7,9-10,15,20H,2-5,8H2,1H3. The summed E-state index contributed by atoms with van der Waals surface area (Å²) in [6, 6.07) is 4.13. The third-order valence-electron chi connectivity index (χ3n) is 3.79. The molecule has 1 aliphatic heterocycles. The zero-order chi connectivity index (χ0) is 14.8. The quantitative estimate of drug-likeness (QED) is 0.900. The van der Waals surface area contributed by atoms with E-state index in [1.54, 1.807) is 12.5 Å². The Hall–Kier alpha value is -1.33. The molecule has 1 unspecified atom stereocenters. The van der Waals surface area contributed by atoms with E-state index in [0.717, 1.165) is 47.5 Å². The van der Waals surface area contributed by atoms with Crippen LogP contribution in [-0.2, 0) is 19.4 Å². The lowest BCUT2D eigenvalue weighted by molar-refractivity contribution is 0.167. The van der Waals surface area contributed by atoms with Crippen LogP contribution in [-0.4, -0.2) is 21.3 Å². The highest BCUT2D eigenvalue weighted by Gasteiger charge is 2.21. The molecule has 1 aromatic carbocycles. The molecule has 3 rings (SSSR count). The SMILES string of the molecule is CCCn1cncc1C(O)Cc1cc(Br)cc2c1OCC2. The number of nitrogens with zero attached hydrogens (tertiary/aromatic N) is 2. The molecule has 5 heteroatoms. The Morgan fingerprint density at radius 3 is 3.14 bits per heavy atom. The van der Waals surface area contributed by atoms with Gasteiger partial charge in [-0.1, -0.05) is 22.9 Å². The fourth-order valence-electron chi connectivity index (χ4n) is 2.85. The van der Waals surface area contributed by atoms with Crippen LogP contribution in [0.4, 0.5) is 0 Å². The maximum Gasteiger partial charge on any atom is 0.125 e. The number of rotatable bonds is 5. The first-order chi connectivity index (χ1) is 10.2. The Labute approximate surface area is 132 Å². The maximum absolute atomic E-state index is 10.6. The fraction of sp³-hybridized carbons (Fsp3) is 0.438. The minimum atomic E-state index is -0.568. The molecule has 0 aliphatic carbocycles. The first kappa shape index (κ1) is 14.6. The monoisotopic (exact) mass is 350 g/mol. The highest BCUT2D eigenvalue weighted by Crippen LogP contribution is 2.35. The first-order valence-electron chi connectivity index (χ1n) is 7.31. The van der Waals surface area contributed by atoms with Gasteiger partial charge in [-0.25, -0.2) is 4.98 Å². The summed E-state index contributed by atoms with van der Waals surface area (Å²) in [5, 5.41) is 10.6. The number of aliphatic hydroxyl groups excluding tert-OH is 1. The van der Waals surface area contributed by atoms with Crippen molar-refractivity contribution in [1.82, 2.24) is 9.55 Å². The zero-order valence-corrected chi connectivity index (χ0v) is 13.6. The number of imidazole rings is 1. The predicted octanol–water partition coefficient (Wildman–Crippen LogP) is 3.27. The summed E-state index contributed by atoms with van der Waals surface area (Å²) in [6.45, 7) is 3.72. The summed E-state index contributed by atoms with van der Waals surface area (Å²) in [7, 11) is 0. The summed E-state index contributed by atoms with van der Waals surface area (Å²) < 4.78 is 8.78. The molecule has 0 fully saturated rings. The molecular formula is C16H19BrN2O2. The van der Waals surface area contributed by atoms with E-state index < -0.39 is 6.10 Å². The lowest BCUT2D eigenvalue weighted by atomic mass is 10.0. The van der Waals surface area contributed by atoms with Crippen LogP contribution in [0.25, 0.3) is 0 Å². The van der Waals surface area contributed by atoms with Gasteiger partial charge in [0.15, 0.2) is 0 Å². The van der Waals surface area contributed by atoms with Gasteiger partial charge in [-0.3, -0.25) is 0 Å². The van der Waals surface area contributed by atoms with Gasteiger partial charge in [0.25, 0.3) is 0 Å². The second kappa shape index (κ2) is 6.20. The molecule has 1 aromatic heterocycles. The summed E-state index contributed by atoms with van der Waals surface area (Å²) in [5.74, 6) is 0.943. The Morgan fingerprint density at radius 2 is 2.33 bits per heavy atom. The van der Waals surface area contributed by atoms with E-state index in [0.29, 0.717) is 6.42 Å². The minimum Gasteiger partial charge on any atom is -0.493 e. The average molecular weight is 351 g/mol. The van der Waals surface area contributed by atoms with Crippen LogP contribution in [0.5, 0.6) is 5.75 Å². The second-order valence-electron chi connectivity index (χ2n) is 5.38. The number of aryl methyl sites for hydroxylation is 1. The van der Waals surface area contributed by atoms with Gasteiger partial charge in [-0.2, -0.15) is 0 Å². The van der Waals surface area contributed by atoms with Gasteiger partial charge < -0.3 is 14.4 Å². The number of fused-ring (bicyclic) bond motifs is 1. The van der Waals surface area contributed by atoms with Crippen molar-refractivity contribution in [2.45, 2.75) is 38.8 Å². The smallest absolute Gasteiger partial charge is 0.125 e. The molecule has 2 aromatic rings. The van der Waals surface area contributed by atoms with Crippen LogP contribution in [0.1, 0.15) is 36.3 Å². The van der Waals surface area contributed by atoms with Crippen LogP contribution in [0.2, 0.25) is 0 Å². The second-order valence-corrected chi connectivity index (χ2v) is 6.30. The number of hydrogen-bond acceptors (Lipinski definition) is 3. The molecule has 0 bridgehead atoms. The molecule has 0 saturated heterocycles. The van der Waals surface area contributed by atoms with E-state index in [1.807, 2.05) is 10.6 Å². The molecule has 21 heavy (non-hydrogen) atoms. The molecule has 0 amide bonds. The van der Waals surface area contributed by atoms with E-state index in [2.05, 4.69) is 33.9 Å². The van der Waals surface area contributed by atoms with Gasteiger partial charge in [0.1, 0.15) is 5.75 Å². The van der Waals surface area contributed by atoms with E-state index in [-0.39, 0.29) is 0 Å². The third-order valence-corrected chi connectivity index (χ3v) is 4.25. The summed E-state index contributed by atoms with van der Waals surface area (Å²) in [6.07, 6.45) is 5.46. The van der Waals surface area contributed by atoms with Gasteiger partial charge in [0.05, 0.1) is 30.9 Å². The van der Waals surface area contributed by atoms with E-state index in [9.17, 15) is 5.11 Å². The van der Waals surface area contributed by atoms with Crippen molar-refractivity contribution in [3.8, 4) is 5.75 Å². The molecule has 0 radical (unpaired) electrons. The van der Waals surface area contributed by atoms with E-state index >= 15 is 0 Å².